The predicted molar refractivity (Wildman–Crippen MR) is 68.5 cm³/mol. The number of aromatic nitrogens is 1. The Morgan fingerprint density at radius 1 is 1.06 bits per heavy atom. The van der Waals surface area contributed by atoms with Crippen LogP contribution in [0, 0.1) is 0 Å². The second-order valence-electron chi connectivity index (χ2n) is 3.01. The molecule has 0 spiro atoms. The molecule has 1 aromatic heterocycles. The highest BCUT2D eigenvalue weighted by Crippen LogP contribution is 2.27. The highest BCUT2D eigenvalue weighted by Gasteiger charge is 2.02. The third-order valence-electron chi connectivity index (χ3n) is 1.75. The third kappa shape index (κ3) is 3.11. The van der Waals surface area contributed by atoms with E-state index in [1.807, 2.05) is 12.1 Å². The fraction of sp³-hybridized carbons (Fsp3) is 0. The van der Waals surface area contributed by atoms with Crippen LogP contribution in [-0.4, -0.2) is 4.98 Å². The lowest BCUT2D eigenvalue weighted by Crippen LogP contribution is -1.87. The highest BCUT2D eigenvalue weighted by molar-refractivity contribution is 9.10. The number of pyridine rings is 1. The van der Waals surface area contributed by atoms with Crippen molar-refractivity contribution in [1.29, 1.82) is 0 Å². The third-order valence-corrected chi connectivity index (χ3v) is 2.63. The Kier molecular flexibility index (Phi) is 3.69. The van der Waals surface area contributed by atoms with Gasteiger partial charge in [0.1, 0.15) is 10.4 Å². The molecule has 0 aliphatic carbocycles. The zero-order valence-corrected chi connectivity index (χ0v) is 11.1. The van der Waals surface area contributed by atoms with Crippen LogP contribution in [0.15, 0.2) is 41.0 Å². The summed E-state index contributed by atoms with van der Waals surface area (Å²) >= 11 is 15.0. The molecule has 1 aromatic carbocycles. The van der Waals surface area contributed by atoms with Crippen molar-refractivity contribution in [2.75, 3.05) is 0 Å². The maximum atomic E-state index is 5.85. The SMILES string of the molecule is Clc1cc(Cl)cc(Oc2cccc(Br)n2)c1. The van der Waals surface area contributed by atoms with Crippen molar-refractivity contribution in [3.05, 3.63) is 51.0 Å². The van der Waals surface area contributed by atoms with Gasteiger partial charge in [-0.05, 0) is 40.2 Å². The molecule has 0 amide bonds. The van der Waals surface area contributed by atoms with Crippen LogP contribution in [-0.2, 0) is 0 Å². The fourth-order valence-electron chi connectivity index (χ4n) is 1.15. The van der Waals surface area contributed by atoms with E-state index < -0.39 is 0 Å². The van der Waals surface area contributed by atoms with Gasteiger partial charge in [0.2, 0.25) is 5.88 Å². The molecule has 0 aliphatic heterocycles. The Balaban J connectivity index is 2.27. The molecule has 0 unspecified atom stereocenters. The summed E-state index contributed by atoms with van der Waals surface area (Å²) in [7, 11) is 0. The van der Waals surface area contributed by atoms with E-state index in [9.17, 15) is 0 Å². The van der Waals surface area contributed by atoms with Crippen molar-refractivity contribution in [3.63, 3.8) is 0 Å². The molecule has 16 heavy (non-hydrogen) atoms. The van der Waals surface area contributed by atoms with Crippen molar-refractivity contribution in [3.8, 4) is 11.6 Å². The Morgan fingerprint density at radius 3 is 2.38 bits per heavy atom. The fourth-order valence-corrected chi connectivity index (χ4v) is 1.99. The molecule has 0 saturated carbocycles. The number of hydrogen-bond donors (Lipinski definition) is 0. The van der Waals surface area contributed by atoms with Crippen LogP contribution in [0.4, 0.5) is 0 Å². The first-order chi connectivity index (χ1) is 7.63. The van der Waals surface area contributed by atoms with Gasteiger partial charge < -0.3 is 4.74 Å². The van der Waals surface area contributed by atoms with E-state index in [1.165, 1.54) is 0 Å². The minimum Gasteiger partial charge on any atom is -0.439 e. The number of rotatable bonds is 2. The Morgan fingerprint density at radius 2 is 1.75 bits per heavy atom. The summed E-state index contributed by atoms with van der Waals surface area (Å²) in [6.07, 6.45) is 0. The minimum atomic E-state index is 0.479. The average molecular weight is 319 g/mol. The molecule has 0 atom stereocenters. The minimum absolute atomic E-state index is 0.479. The molecule has 5 heteroatoms. The maximum Gasteiger partial charge on any atom is 0.220 e. The van der Waals surface area contributed by atoms with Crippen molar-refractivity contribution in [2.45, 2.75) is 0 Å². The first kappa shape index (κ1) is 11.7. The van der Waals surface area contributed by atoms with E-state index >= 15 is 0 Å². The Bertz CT molecular complexity index is 499. The van der Waals surface area contributed by atoms with Gasteiger partial charge in [-0.25, -0.2) is 4.98 Å². The molecular weight excluding hydrogens is 313 g/mol. The van der Waals surface area contributed by atoms with Crippen LogP contribution in [0.1, 0.15) is 0 Å². The van der Waals surface area contributed by atoms with Crippen LogP contribution in [0.5, 0.6) is 11.6 Å². The van der Waals surface area contributed by atoms with Gasteiger partial charge in [0.25, 0.3) is 0 Å². The maximum absolute atomic E-state index is 5.85. The summed E-state index contributed by atoms with van der Waals surface area (Å²) in [5, 5.41) is 1.05. The van der Waals surface area contributed by atoms with Crippen molar-refractivity contribution >= 4 is 39.1 Å². The molecule has 0 bridgehead atoms. The van der Waals surface area contributed by atoms with Gasteiger partial charge in [-0.2, -0.15) is 0 Å². The van der Waals surface area contributed by atoms with Crippen LogP contribution in [0.2, 0.25) is 10.0 Å². The molecule has 2 aromatic rings. The molecule has 0 radical (unpaired) electrons. The van der Waals surface area contributed by atoms with E-state index in [-0.39, 0.29) is 0 Å². The monoisotopic (exact) mass is 317 g/mol. The molecule has 0 fully saturated rings. The molecule has 2 rings (SSSR count). The first-order valence-corrected chi connectivity index (χ1v) is 5.95. The van der Waals surface area contributed by atoms with Crippen molar-refractivity contribution in [2.24, 2.45) is 0 Å². The van der Waals surface area contributed by atoms with Gasteiger partial charge in [0, 0.05) is 16.1 Å². The lowest BCUT2D eigenvalue weighted by atomic mass is 10.3. The molecule has 82 valence electrons. The molecule has 0 N–H and O–H groups in total. The summed E-state index contributed by atoms with van der Waals surface area (Å²) in [6, 6.07) is 10.4. The molecular formula is C11H6BrCl2NO. The zero-order chi connectivity index (χ0) is 11.5. The average Bonchev–Trinajstić information content (AvgIpc) is 2.15. The number of nitrogens with zero attached hydrogens (tertiary/aromatic N) is 1. The molecule has 2 nitrogen and oxygen atoms in total. The number of hydrogen-bond acceptors (Lipinski definition) is 2. The zero-order valence-electron chi connectivity index (χ0n) is 7.95. The van der Waals surface area contributed by atoms with E-state index in [0.29, 0.717) is 26.3 Å². The van der Waals surface area contributed by atoms with Gasteiger partial charge in [-0.15, -0.1) is 0 Å². The largest absolute Gasteiger partial charge is 0.439 e. The quantitative estimate of drug-likeness (QED) is 0.731. The van der Waals surface area contributed by atoms with Crippen molar-refractivity contribution in [1.82, 2.24) is 4.98 Å². The topological polar surface area (TPSA) is 22.1 Å². The summed E-state index contributed by atoms with van der Waals surface area (Å²) in [6.45, 7) is 0. The van der Waals surface area contributed by atoms with Gasteiger partial charge in [0.15, 0.2) is 0 Å². The highest BCUT2D eigenvalue weighted by atomic mass is 79.9. The summed E-state index contributed by atoms with van der Waals surface area (Å²) in [5.41, 5.74) is 0. The lowest BCUT2D eigenvalue weighted by Gasteiger charge is -2.05. The van der Waals surface area contributed by atoms with Gasteiger partial charge >= 0.3 is 0 Å². The van der Waals surface area contributed by atoms with Gasteiger partial charge in [0.05, 0.1) is 0 Å². The lowest BCUT2D eigenvalue weighted by molar-refractivity contribution is 0.462. The van der Waals surface area contributed by atoms with Gasteiger partial charge in [-0.3, -0.25) is 0 Å². The summed E-state index contributed by atoms with van der Waals surface area (Å²) in [5.74, 6) is 1.04. The van der Waals surface area contributed by atoms with E-state index in [1.54, 1.807) is 24.3 Å². The molecule has 1 heterocycles. The van der Waals surface area contributed by atoms with E-state index in [0.717, 1.165) is 0 Å². The van der Waals surface area contributed by atoms with Crippen molar-refractivity contribution < 1.29 is 4.74 Å². The smallest absolute Gasteiger partial charge is 0.220 e. The van der Waals surface area contributed by atoms with E-state index in [4.69, 9.17) is 27.9 Å². The standard InChI is InChI=1S/C11H6BrCl2NO/c12-10-2-1-3-11(15-10)16-9-5-7(13)4-8(14)6-9/h1-6H. The Hall–Kier alpha value is -0.770. The second kappa shape index (κ2) is 5.04. The Labute approximate surface area is 111 Å². The molecule has 0 aliphatic rings. The van der Waals surface area contributed by atoms with Crippen LogP contribution < -0.4 is 4.74 Å². The van der Waals surface area contributed by atoms with Crippen LogP contribution >= 0.6 is 39.1 Å². The summed E-state index contributed by atoms with van der Waals surface area (Å²) < 4.78 is 6.22. The predicted octanol–water partition coefficient (Wildman–Crippen LogP) is 4.94. The van der Waals surface area contributed by atoms with Crippen LogP contribution in [0.25, 0.3) is 0 Å². The number of benzene rings is 1. The normalized spacial score (nSPS) is 10.2. The number of halogens is 3. The van der Waals surface area contributed by atoms with Gasteiger partial charge in [-0.1, -0.05) is 29.3 Å². The summed E-state index contributed by atoms with van der Waals surface area (Å²) in [4.78, 5) is 4.14. The molecule has 0 saturated heterocycles. The van der Waals surface area contributed by atoms with E-state index in [2.05, 4.69) is 20.9 Å². The first-order valence-electron chi connectivity index (χ1n) is 4.40. The second-order valence-corrected chi connectivity index (χ2v) is 4.69. The van der Waals surface area contributed by atoms with Crippen LogP contribution in [0.3, 0.4) is 0 Å². The number of ether oxygens (including phenoxy) is 1.